The molecule has 4 aliphatic heterocycles. The van der Waals surface area contributed by atoms with Crippen molar-refractivity contribution in [1.29, 1.82) is 0 Å². The molecule has 0 saturated carbocycles. The van der Waals surface area contributed by atoms with Crippen molar-refractivity contribution < 1.29 is 36.8 Å². The van der Waals surface area contributed by atoms with E-state index in [2.05, 4.69) is 33.7 Å². The van der Waals surface area contributed by atoms with Gasteiger partial charge >= 0.3 is 12.3 Å². The summed E-state index contributed by atoms with van der Waals surface area (Å²) in [5.41, 5.74) is -1.40. The Labute approximate surface area is 263 Å². The summed E-state index contributed by atoms with van der Waals surface area (Å²) in [5.74, 6) is -1.84. The van der Waals surface area contributed by atoms with Crippen LogP contribution in [-0.2, 0) is 15.7 Å². The zero-order valence-electron chi connectivity index (χ0n) is 27.0. The molecular weight excluding hydrogens is 591 g/mol. The molecule has 45 heavy (non-hydrogen) atoms. The number of aryl methyl sites for hydroxylation is 1. The Bertz CT molecular complexity index is 1230. The van der Waals surface area contributed by atoms with Gasteiger partial charge in [0.2, 0.25) is 0 Å². The fourth-order valence-electron chi connectivity index (χ4n) is 8.20. The topological polar surface area (TPSA) is 108 Å². The molecule has 13 heteroatoms. The Balaban J connectivity index is 1.24. The summed E-state index contributed by atoms with van der Waals surface area (Å²) in [4.78, 5) is 45.2. The third-order valence-electron chi connectivity index (χ3n) is 11.0. The molecule has 1 spiro atoms. The van der Waals surface area contributed by atoms with Crippen LogP contribution < -0.4 is 5.32 Å². The Morgan fingerprint density at radius 1 is 1.13 bits per heavy atom. The average molecular weight is 640 g/mol. The number of carbonyl (C=O) groups is 3. The standard InChI is InChI=1S/C32H48F3N5O5/c1-5-6-9-24-20-40(26(22(3)41)23-8-7-14-36-19-23)29(43)44-31(24)12-17-39(18-13-31)30(4)10-15-38(16-11-30)28(42)25-21(2)37-45-27(25)32(33,34)35/h23-24,26,36H,5-20H2,1-4H3/t23?,24?,26-/m1/s1. The molecule has 0 bridgehead atoms. The summed E-state index contributed by atoms with van der Waals surface area (Å²) in [5, 5.41) is 6.79. The molecule has 252 valence electrons. The van der Waals surface area contributed by atoms with E-state index >= 15 is 0 Å². The molecule has 3 atom stereocenters. The second-order valence-electron chi connectivity index (χ2n) is 13.8. The zero-order valence-corrected chi connectivity index (χ0v) is 27.0. The number of Topliss-reactive ketones (excluding diaryl/α,β-unsaturated/α-hetero) is 1. The van der Waals surface area contributed by atoms with Crippen LogP contribution in [0.3, 0.4) is 0 Å². The van der Waals surface area contributed by atoms with Crippen LogP contribution in [0, 0.1) is 18.8 Å². The van der Waals surface area contributed by atoms with Crippen LogP contribution in [0.5, 0.6) is 0 Å². The number of aromatic nitrogens is 1. The number of unbranched alkanes of at least 4 members (excludes halogenated alkanes) is 1. The minimum Gasteiger partial charge on any atom is -0.442 e. The van der Waals surface area contributed by atoms with Crippen LogP contribution in [0.25, 0.3) is 0 Å². The fourth-order valence-corrected chi connectivity index (χ4v) is 8.20. The predicted molar refractivity (Wildman–Crippen MR) is 160 cm³/mol. The van der Waals surface area contributed by atoms with Crippen molar-refractivity contribution in [2.45, 2.75) is 109 Å². The maximum Gasteiger partial charge on any atom is 0.453 e. The van der Waals surface area contributed by atoms with Crippen molar-refractivity contribution >= 4 is 17.8 Å². The molecule has 5 rings (SSSR count). The van der Waals surface area contributed by atoms with Crippen molar-refractivity contribution in [2.24, 2.45) is 11.8 Å². The largest absolute Gasteiger partial charge is 0.453 e. The van der Waals surface area contributed by atoms with Gasteiger partial charge in [0.1, 0.15) is 11.2 Å². The molecule has 2 amide bonds. The van der Waals surface area contributed by atoms with E-state index in [0.717, 1.165) is 45.2 Å². The smallest absolute Gasteiger partial charge is 0.442 e. The summed E-state index contributed by atoms with van der Waals surface area (Å²) in [7, 11) is 0. The van der Waals surface area contributed by atoms with E-state index in [9.17, 15) is 27.6 Å². The van der Waals surface area contributed by atoms with Gasteiger partial charge in [0.05, 0.1) is 11.7 Å². The SMILES string of the molecule is CCCCC1CN([C@H](C(C)=O)C2CCCNC2)C(=O)OC12CCN(C1(C)CCN(C(=O)c3c(C)noc3C(F)(F)F)CC1)CC2. The summed E-state index contributed by atoms with van der Waals surface area (Å²) < 4.78 is 51.2. The third kappa shape index (κ3) is 6.75. The second-order valence-corrected chi connectivity index (χ2v) is 13.8. The van der Waals surface area contributed by atoms with Crippen LogP contribution >= 0.6 is 0 Å². The first-order chi connectivity index (χ1) is 21.3. The summed E-state index contributed by atoms with van der Waals surface area (Å²) in [6.45, 7) is 11.5. The fraction of sp³-hybridized carbons (Fsp3) is 0.812. The number of hydrogen-bond acceptors (Lipinski definition) is 8. The number of hydrogen-bond donors (Lipinski definition) is 1. The van der Waals surface area contributed by atoms with E-state index in [0.29, 0.717) is 58.4 Å². The van der Waals surface area contributed by atoms with Gasteiger partial charge in [0, 0.05) is 63.6 Å². The summed E-state index contributed by atoms with van der Waals surface area (Å²) >= 11 is 0. The number of alkyl halides is 3. The average Bonchev–Trinajstić information content (AvgIpc) is 3.40. The minimum atomic E-state index is -4.80. The lowest BCUT2D eigenvalue weighted by Crippen LogP contribution is -2.66. The number of halogens is 3. The summed E-state index contributed by atoms with van der Waals surface area (Å²) in [6, 6.07) is -0.479. The monoisotopic (exact) mass is 639 g/mol. The molecule has 4 fully saturated rings. The van der Waals surface area contributed by atoms with Crippen LogP contribution in [0.2, 0.25) is 0 Å². The lowest BCUT2D eigenvalue weighted by Gasteiger charge is -2.55. The molecular formula is C32H48F3N5O5. The second kappa shape index (κ2) is 13.2. The number of nitrogens with zero attached hydrogens (tertiary/aromatic N) is 4. The maximum absolute atomic E-state index is 13.6. The van der Waals surface area contributed by atoms with E-state index < -0.39 is 35.1 Å². The molecule has 10 nitrogen and oxygen atoms in total. The van der Waals surface area contributed by atoms with Crippen LogP contribution in [0.1, 0.15) is 100 Å². The van der Waals surface area contributed by atoms with Gasteiger partial charge in [-0.1, -0.05) is 24.9 Å². The Kier molecular flexibility index (Phi) is 9.89. The van der Waals surface area contributed by atoms with E-state index in [1.54, 1.807) is 11.8 Å². The molecule has 0 aromatic carbocycles. The first-order valence-corrected chi connectivity index (χ1v) is 16.6. The zero-order chi connectivity index (χ0) is 32.6. The quantitative estimate of drug-likeness (QED) is 0.422. The van der Waals surface area contributed by atoms with Gasteiger partial charge in [-0.2, -0.15) is 13.2 Å². The molecule has 4 saturated heterocycles. The van der Waals surface area contributed by atoms with Crippen molar-refractivity contribution in [3.8, 4) is 0 Å². The van der Waals surface area contributed by atoms with Gasteiger partial charge < -0.3 is 19.5 Å². The van der Waals surface area contributed by atoms with E-state index in [1.165, 1.54) is 11.8 Å². The minimum absolute atomic E-state index is 0.00670. The number of likely N-dealkylation sites (tertiary alicyclic amines) is 2. The lowest BCUT2D eigenvalue weighted by molar-refractivity contribution is -0.156. The highest BCUT2D eigenvalue weighted by Gasteiger charge is 2.54. The van der Waals surface area contributed by atoms with E-state index in [4.69, 9.17) is 4.74 Å². The lowest BCUT2D eigenvalue weighted by atomic mass is 9.73. The highest BCUT2D eigenvalue weighted by molar-refractivity contribution is 5.96. The van der Waals surface area contributed by atoms with Gasteiger partial charge in [-0.05, 0) is 65.3 Å². The van der Waals surface area contributed by atoms with Gasteiger partial charge in [0.15, 0.2) is 5.78 Å². The number of piperidine rings is 3. The maximum atomic E-state index is 13.6. The van der Waals surface area contributed by atoms with Crippen LogP contribution in [-0.4, -0.2) is 101 Å². The predicted octanol–water partition coefficient (Wildman–Crippen LogP) is 5.05. The van der Waals surface area contributed by atoms with Crippen molar-refractivity contribution in [2.75, 3.05) is 45.8 Å². The molecule has 0 radical (unpaired) electrons. The first-order valence-electron chi connectivity index (χ1n) is 16.6. The molecule has 0 aliphatic carbocycles. The molecule has 1 aromatic rings. The van der Waals surface area contributed by atoms with Crippen LogP contribution in [0.15, 0.2) is 4.52 Å². The molecule has 1 aromatic heterocycles. The number of ketones is 1. The third-order valence-corrected chi connectivity index (χ3v) is 11.0. The normalized spacial score (nSPS) is 26.5. The number of ether oxygens (including phenoxy) is 1. The Hall–Kier alpha value is -2.67. The van der Waals surface area contributed by atoms with Crippen molar-refractivity contribution in [3.63, 3.8) is 0 Å². The highest BCUT2D eigenvalue weighted by atomic mass is 19.4. The number of carbonyl (C=O) groups excluding carboxylic acids is 3. The van der Waals surface area contributed by atoms with Gasteiger partial charge in [0.25, 0.3) is 11.7 Å². The van der Waals surface area contributed by atoms with Gasteiger partial charge in [-0.15, -0.1) is 0 Å². The molecule has 5 heterocycles. The molecule has 1 N–H and O–H groups in total. The van der Waals surface area contributed by atoms with Gasteiger partial charge in [-0.3, -0.25) is 19.4 Å². The summed E-state index contributed by atoms with van der Waals surface area (Å²) in [6.07, 6.45) is 2.26. The van der Waals surface area contributed by atoms with Crippen LogP contribution in [0.4, 0.5) is 18.0 Å². The molecule has 4 aliphatic rings. The first kappa shape index (κ1) is 33.7. The van der Waals surface area contributed by atoms with Crippen molar-refractivity contribution in [3.05, 3.63) is 17.0 Å². The molecule has 2 unspecified atom stereocenters. The van der Waals surface area contributed by atoms with E-state index in [1.807, 2.05) is 0 Å². The Morgan fingerprint density at radius 2 is 1.82 bits per heavy atom. The number of nitrogens with one attached hydrogen (secondary N) is 1. The highest BCUT2D eigenvalue weighted by Crippen LogP contribution is 2.44. The Morgan fingerprint density at radius 3 is 2.40 bits per heavy atom. The van der Waals surface area contributed by atoms with Gasteiger partial charge in [-0.25, -0.2) is 4.79 Å². The van der Waals surface area contributed by atoms with E-state index in [-0.39, 0.29) is 34.9 Å². The number of amides is 2. The van der Waals surface area contributed by atoms with Crippen molar-refractivity contribution in [1.82, 2.24) is 25.2 Å². The number of rotatable bonds is 8.